The van der Waals surface area contributed by atoms with E-state index in [-0.39, 0.29) is 0 Å². The summed E-state index contributed by atoms with van der Waals surface area (Å²) in [5.74, 6) is -0.434. The van der Waals surface area contributed by atoms with Crippen LogP contribution in [0.1, 0.15) is 19.3 Å². The van der Waals surface area contributed by atoms with Crippen molar-refractivity contribution in [1.82, 2.24) is 10.3 Å². The molecule has 2 N–H and O–H groups in total. The Morgan fingerprint density at radius 3 is 3.07 bits per heavy atom. The highest BCUT2D eigenvalue weighted by atomic mass is 19.1. The Kier molecular flexibility index (Phi) is 3.50. The molecular formula is C11H16FN3. The van der Waals surface area contributed by atoms with Gasteiger partial charge in [-0.3, -0.25) is 0 Å². The first-order valence-corrected chi connectivity index (χ1v) is 5.43. The van der Waals surface area contributed by atoms with Gasteiger partial charge in [-0.05, 0) is 31.5 Å². The molecule has 1 fully saturated rings. The van der Waals surface area contributed by atoms with Gasteiger partial charge in [0.2, 0.25) is 5.95 Å². The molecule has 4 heteroatoms. The average Bonchev–Trinajstić information content (AvgIpc) is 2.30. The molecule has 1 saturated heterocycles. The van der Waals surface area contributed by atoms with E-state index in [9.17, 15) is 4.39 Å². The lowest BCUT2D eigenvalue weighted by Gasteiger charge is -2.23. The summed E-state index contributed by atoms with van der Waals surface area (Å²) in [6, 6.07) is 3.62. The first-order chi connectivity index (χ1) is 7.34. The van der Waals surface area contributed by atoms with Crippen molar-refractivity contribution in [2.24, 2.45) is 0 Å². The summed E-state index contributed by atoms with van der Waals surface area (Å²) in [4.78, 5) is 3.59. The minimum absolute atomic E-state index is 0.434. The van der Waals surface area contributed by atoms with Crippen LogP contribution in [0.5, 0.6) is 0 Å². The van der Waals surface area contributed by atoms with Crippen LogP contribution in [0.2, 0.25) is 0 Å². The van der Waals surface area contributed by atoms with E-state index in [0.29, 0.717) is 6.04 Å². The van der Waals surface area contributed by atoms with Crippen molar-refractivity contribution < 1.29 is 4.39 Å². The first kappa shape index (κ1) is 10.4. The van der Waals surface area contributed by atoms with Crippen LogP contribution in [0.4, 0.5) is 10.1 Å². The number of nitrogens with zero attached hydrogens (tertiary/aromatic N) is 1. The van der Waals surface area contributed by atoms with Crippen LogP contribution in [0.25, 0.3) is 0 Å². The summed E-state index contributed by atoms with van der Waals surface area (Å²) < 4.78 is 12.5. The van der Waals surface area contributed by atoms with Crippen LogP contribution >= 0.6 is 0 Å². The van der Waals surface area contributed by atoms with Crippen molar-refractivity contribution in [3.63, 3.8) is 0 Å². The van der Waals surface area contributed by atoms with E-state index in [1.807, 2.05) is 0 Å². The number of anilines is 1. The van der Waals surface area contributed by atoms with Crippen molar-refractivity contribution in [2.75, 3.05) is 18.4 Å². The monoisotopic (exact) mass is 209 g/mol. The molecule has 1 unspecified atom stereocenters. The standard InChI is InChI=1S/C11H16FN3/c12-11-5-4-10(8-15-11)14-7-9-3-1-2-6-13-9/h4-5,8-9,13-14H,1-3,6-7H2. The lowest BCUT2D eigenvalue weighted by atomic mass is 10.1. The zero-order valence-electron chi connectivity index (χ0n) is 8.67. The Hall–Kier alpha value is -1.16. The van der Waals surface area contributed by atoms with Crippen LogP contribution in [-0.2, 0) is 0 Å². The summed E-state index contributed by atoms with van der Waals surface area (Å²) in [5.41, 5.74) is 0.878. The van der Waals surface area contributed by atoms with Crippen molar-refractivity contribution in [3.8, 4) is 0 Å². The van der Waals surface area contributed by atoms with E-state index in [1.54, 1.807) is 6.07 Å². The SMILES string of the molecule is Fc1ccc(NCC2CCCCN2)cn1. The molecule has 0 amide bonds. The zero-order chi connectivity index (χ0) is 10.5. The molecule has 1 aromatic rings. The quantitative estimate of drug-likeness (QED) is 0.745. The molecule has 1 aliphatic heterocycles. The molecule has 0 aromatic carbocycles. The first-order valence-electron chi connectivity index (χ1n) is 5.43. The summed E-state index contributed by atoms with van der Waals surface area (Å²) >= 11 is 0. The molecule has 0 bridgehead atoms. The molecule has 0 radical (unpaired) electrons. The number of pyridine rings is 1. The zero-order valence-corrected chi connectivity index (χ0v) is 8.67. The van der Waals surface area contributed by atoms with Gasteiger partial charge < -0.3 is 10.6 Å². The van der Waals surface area contributed by atoms with Crippen molar-refractivity contribution in [3.05, 3.63) is 24.3 Å². The topological polar surface area (TPSA) is 37.0 Å². The van der Waals surface area contributed by atoms with Crippen LogP contribution in [0.15, 0.2) is 18.3 Å². The van der Waals surface area contributed by atoms with Crippen LogP contribution in [-0.4, -0.2) is 24.1 Å². The molecule has 3 nitrogen and oxygen atoms in total. The lowest BCUT2D eigenvalue weighted by Crippen LogP contribution is -2.39. The summed E-state index contributed by atoms with van der Waals surface area (Å²) in [6.45, 7) is 1.99. The maximum atomic E-state index is 12.5. The molecule has 0 aliphatic carbocycles. The van der Waals surface area contributed by atoms with Crippen molar-refractivity contribution >= 4 is 5.69 Å². The molecular weight excluding hydrogens is 193 g/mol. The van der Waals surface area contributed by atoms with Crippen molar-refractivity contribution in [2.45, 2.75) is 25.3 Å². The smallest absolute Gasteiger partial charge is 0.212 e. The Balaban J connectivity index is 1.79. The molecule has 2 rings (SSSR count). The number of nitrogens with one attached hydrogen (secondary N) is 2. The van der Waals surface area contributed by atoms with Crippen molar-refractivity contribution in [1.29, 1.82) is 0 Å². The largest absolute Gasteiger partial charge is 0.382 e. The maximum Gasteiger partial charge on any atom is 0.212 e. The minimum atomic E-state index is -0.434. The second kappa shape index (κ2) is 5.07. The molecule has 0 spiro atoms. The van der Waals surface area contributed by atoms with Gasteiger partial charge in [-0.25, -0.2) is 4.98 Å². The fraction of sp³-hybridized carbons (Fsp3) is 0.545. The maximum absolute atomic E-state index is 12.5. The van der Waals surface area contributed by atoms with Gasteiger partial charge in [-0.15, -0.1) is 0 Å². The highest BCUT2D eigenvalue weighted by Gasteiger charge is 2.11. The Labute approximate surface area is 89.1 Å². The fourth-order valence-electron chi connectivity index (χ4n) is 1.82. The van der Waals surface area contributed by atoms with Gasteiger partial charge in [-0.1, -0.05) is 6.42 Å². The third kappa shape index (κ3) is 3.16. The van der Waals surface area contributed by atoms with Gasteiger partial charge in [0.25, 0.3) is 0 Å². The second-order valence-electron chi connectivity index (χ2n) is 3.90. The predicted molar refractivity (Wildman–Crippen MR) is 58.3 cm³/mol. The Morgan fingerprint density at radius 2 is 2.40 bits per heavy atom. The van der Waals surface area contributed by atoms with Gasteiger partial charge in [0, 0.05) is 12.6 Å². The highest BCUT2D eigenvalue weighted by Crippen LogP contribution is 2.09. The third-order valence-electron chi connectivity index (χ3n) is 2.69. The van der Waals surface area contributed by atoms with E-state index < -0.39 is 5.95 Å². The number of halogens is 1. The number of hydrogen-bond donors (Lipinski definition) is 2. The summed E-state index contributed by atoms with van der Waals surface area (Å²) in [5, 5.41) is 6.69. The van der Waals surface area contributed by atoms with Gasteiger partial charge in [0.05, 0.1) is 11.9 Å². The molecule has 0 saturated carbocycles. The van der Waals surface area contributed by atoms with Gasteiger partial charge in [-0.2, -0.15) is 4.39 Å². The van der Waals surface area contributed by atoms with E-state index in [0.717, 1.165) is 18.8 Å². The molecule has 1 atom stereocenters. The molecule has 1 aromatic heterocycles. The van der Waals surface area contributed by atoms with Gasteiger partial charge in [0.1, 0.15) is 0 Å². The Morgan fingerprint density at radius 1 is 1.47 bits per heavy atom. The third-order valence-corrected chi connectivity index (χ3v) is 2.69. The fourth-order valence-corrected chi connectivity index (χ4v) is 1.82. The molecule has 1 aliphatic rings. The molecule has 2 heterocycles. The Bertz CT molecular complexity index is 293. The van der Waals surface area contributed by atoms with E-state index >= 15 is 0 Å². The number of hydrogen-bond acceptors (Lipinski definition) is 3. The predicted octanol–water partition coefficient (Wildman–Crippen LogP) is 1.77. The summed E-state index contributed by atoms with van der Waals surface area (Å²) in [7, 11) is 0. The van der Waals surface area contributed by atoms with Crippen LogP contribution < -0.4 is 10.6 Å². The average molecular weight is 209 g/mol. The van der Waals surface area contributed by atoms with E-state index in [2.05, 4.69) is 15.6 Å². The van der Waals surface area contributed by atoms with E-state index in [1.165, 1.54) is 31.5 Å². The minimum Gasteiger partial charge on any atom is -0.382 e. The normalized spacial score (nSPS) is 21.3. The second-order valence-corrected chi connectivity index (χ2v) is 3.90. The van der Waals surface area contributed by atoms with Gasteiger partial charge in [0.15, 0.2) is 0 Å². The number of aromatic nitrogens is 1. The number of rotatable bonds is 3. The lowest BCUT2D eigenvalue weighted by molar-refractivity contribution is 0.414. The summed E-state index contributed by atoms with van der Waals surface area (Å²) in [6.07, 6.45) is 5.30. The van der Waals surface area contributed by atoms with Crippen LogP contribution in [0, 0.1) is 5.95 Å². The number of piperidine rings is 1. The van der Waals surface area contributed by atoms with Gasteiger partial charge >= 0.3 is 0 Å². The molecule has 82 valence electrons. The highest BCUT2D eigenvalue weighted by molar-refractivity contribution is 5.39. The van der Waals surface area contributed by atoms with Crippen LogP contribution in [0.3, 0.4) is 0 Å². The molecule has 15 heavy (non-hydrogen) atoms. The van der Waals surface area contributed by atoms with E-state index in [4.69, 9.17) is 0 Å².